The minimum atomic E-state index is -2.11. The van der Waals surface area contributed by atoms with Gasteiger partial charge in [0.15, 0.2) is 0 Å². The molecule has 37 heavy (non-hydrogen) atoms. The Hall–Kier alpha value is -3.63. The molecule has 1 heterocycles. The molecule has 0 spiro atoms. The maximum absolute atomic E-state index is 4.91. The zero-order chi connectivity index (χ0) is 24.9. The molecule has 0 aliphatic heterocycles. The third kappa shape index (κ3) is 4.74. The fourth-order valence-electron chi connectivity index (χ4n) is 6.06. The third-order valence-corrected chi connectivity index (χ3v) is 13.7. The van der Waals surface area contributed by atoms with Gasteiger partial charge in [-0.3, -0.25) is 4.98 Å². The molecule has 0 amide bonds. The lowest BCUT2D eigenvalue weighted by Gasteiger charge is -2.45. The van der Waals surface area contributed by atoms with Crippen LogP contribution in [0.1, 0.15) is 36.2 Å². The van der Waals surface area contributed by atoms with Crippen molar-refractivity contribution in [3.05, 3.63) is 145 Å². The van der Waals surface area contributed by atoms with E-state index in [9.17, 15) is 0 Å². The van der Waals surface area contributed by atoms with Gasteiger partial charge >= 0.3 is 0 Å². The molecule has 4 heteroatoms. The van der Waals surface area contributed by atoms with Crippen LogP contribution in [-0.2, 0) is 6.17 Å². The van der Waals surface area contributed by atoms with E-state index in [0.29, 0.717) is 0 Å². The van der Waals surface area contributed by atoms with E-state index in [2.05, 4.69) is 139 Å². The van der Waals surface area contributed by atoms with Crippen LogP contribution in [0.5, 0.6) is 0 Å². The molecule has 1 aromatic heterocycles. The Morgan fingerprint density at radius 3 is 1.65 bits per heavy atom. The first-order valence-corrected chi connectivity index (χ1v) is 15.7. The maximum atomic E-state index is 4.91. The first-order chi connectivity index (χ1) is 18.3. The largest absolute Gasteiger partial charge is 0.346 e. The third-order valence-electron chi connectivity index (χ3n) is 8.18. The summed E-state index contributed by atoms with van der Waals surface area (Å²) >= 11 is 0. The molecule has 0 N–H and O–H groups in total. The standard InChI is InChI=1S/C33H32BN2Si/c1-5-14-27(15-6-1)32(28-16-7-2-8-17-28)34-33-35-24-25-36(33)26-37(31-22-13-23-31,29-18-9-3-10-19-29)30-20-11-4-12-21-30/h1-12,14-21,24-25,31-32H,13,22-23,26H2. The zero-order valence-electron chi connectivity index (χ0n) is 21.2. The van der Waals surface area contributed by atoms with E-state index in [0.717, 1.165) is 17.4 Å². The van der Waals surface area contributed by atoms with Crippen molar-refractivity contribution in [1.82, 2.24) is 9.55 Å². The molecule has 5 aromatic rings. The van der Waals surface area contributed by atoms with Crippen molar-refractivity contribution in [3.8, 4) is 0 Å². The molecular weight excluding hydrogens is 463 g/mol. The van der Waals surface area contributed by atoms with E-state index in [-0.39, 0.29) is 5.82 Å². The predicted molar refractivity (Wildman–Crippen MR) is 158 cm³/mol. The number of benzene rings is 4. The van der Waals surface area contributed by atoms with Crippen LogP contribution in [0.15, 0.2) is 134 Å². The molecule has 2 nitrogen and oxygen atoms in total. The summed E-state index contributed by atoms with van der Waals surface area (Å²) in [6.07, 6.45) is 9.17. The van der Waals surface area contributed by atoms with Gasteiger partial charge in [-0.25, -0.2) is 0 Å². The molecule has 0 bridgehead atoms. The second kappa shape index (κ2) is 10.8. The van der Waals surface area contributed by atoms with E-state index in [1.807, 2.05) is 6.20 Å². The lowest BCUT2D eigenvalue weighted by Crippen LogP contribution is -2.66. The molecule has 4 aromatic carbocycles. The van der Waals surface area contributed by atoms with Gasteiger partial charge in [0.1, 0.15) is 8.07 Å². The number of aromatic nitrogens is 2. The number of imidazole rings is 1. The highest BCUT2D eigenvalue weighted by Gasteiger charge is 2.47. The van der Waals surface area contributed by atoms with Crippen molar-refractivity contribution in [2.45, 2.75) is 36.8 Å². The average Bonchev–Trinajstić information content (AvgIpc) is 3.38. The molecular formula is C33H32BN2Si. The quantitative estimate of drug-likeness (QED) is 0.252. The van der Waals surface area contributed by atoms with Crippen LogP contribution in [0.3, 0.4) is 0 Å². The fourth-order valence-corrected chi connectivity index (χ4v) is 11.7. The molecule has 0 atom stereocenters. The van der Waals surface area contributed by atoms with Gasteiger partial charge < -0.3 is 4.57 Å². The molecule has 1 aliphatic rings. The number of rotatable bonds is 9. The van der Waals surface area contributed by atoms with E-state index < -0.39 is 8.07 Å². The topological polar surface area (TPSA) is 17.8 Å². The lowest BCUT2D eigenvalue weighted by molar-refractivity contribution is 0.485. The van der Waals surface area contributed by atoms with E-state index in [4.69, 9.17) is 4.98 Å². The highest BCUT2D eigenvalue weighted by Crippen LogP contribution is 2.41. The van der Waals surface area contributed by atoms with E-state index in [1.165, 1.54) is 40.8 Å². The Balaban J connectivity index is 1.42. The van der Waals surface area contributed by atoms with Gasteiger partial charge in [-0.05, 0) is 22.5 Å². The molecule has 0 unspecified atom stereocenters. The van der Waals surface area contributed by atoms with Crippen LogP contribution in [0.25, 0.3) is 0 Å². The molecule has 1 radical (unpaired) electrons. The van der Waals surface area contributed by atoms with Crippen LogP contribution in [0.2, 0.25) is 5.54 Å². The predicted octanol–water partition coefficient (Wildman–Crippen LogP) is 5.36. The Bertz CT molecular complexity index is 1320. The molecule has 181 valence electrons. The summed E-state index contributed by atoms with van der Waals surface area (Å²) in [6, 6.07) is 44.3. The Kier molecular flexibility index (Phi) is 6.92. The number of hydrogen-bond donors (Lipinski definition) is 0. The van der Waals surface area contributed by atoms with Gasteiger partial charge in [-0.15, -0.1) is 0 Å². The van der Waals surface area contributed by atoms with E-state index >= 15 is 0 Å². The lowest BCUT2D eigenvalue weighted by atomic mass is 9.58. The minimum absolute atomic E-state index is 0.150. The van der Waals surface area contributed by atoms with Gasteiger partial charge in [-0.1, -0.05) is 151 Å². The van der Waals surface area contributed by atoms with Crippen molar-refractivity contribution in [2.75, 3.05) is 0 Å². The van der Waals surface area contributed by atoms with Gasteiger partial charge in [0.2, 0.25) is 7.28 Å². The summed E-state index contributed by atoms with van der Waals surface area (Å²) in [5.41, 5.74) is 4.38. The van der Waals surface area contributed by atoms with Crippen LogP contribution in [0, 0.1) is 0 Å². The maximum Gasteiger partial charge on any atom is 0.215 e. The Morgan fingerprint density at radius 1 is 0.703 bits per heavy atom. The summed E-state index contributed by atoms with van der Waals surface area (Å²) in [5, 5.41) is 3.07. The highest BCUT2D eigenvalue weighted by molar-refractivity contribution is 7.02. The second-order valence-electron chi connectivity index (χ2n) is 10.2. The summed E-state index contributed by atoms with van der Waals surface area (Å²) in [7, 11) is 0.255. The molecule has 0 saturated heterocycles. The van der Waals surface area contributed by atoms with Crippen LogP contribution < -0.4 is 16.1 Å². The fraction of sp³-hybridized carbons (Fsp3) is 0.182. The monoisotopic (exact) mass is 495 g/mol. The van der Waals surface area contributed by atoms with Crippen LogP contribution >= 0.6 is 0 Å². The molecule has 1 saturated carbocycles. The van der Waals surface area contributed by atoms with Crippen LogP contribution in [0.4, 0.5) is 0 Å². The molecule has 6 rings (SSSR count). The van der Waals surface area contributed by atoms with Crippen molar-refractivity contribution in [2.24, 2.45) is 0 Å². The van der Waals surface area contributed by atoms with Gasteiger partial charge in [0, 0.05) is 18.6 Å². The molecule has 1 fully saturated rings. The van der Waals surface area contributed by atoms with Crippen molar-refractivity contribution >= 4 is 31.5 Å². The van der Waals surface area contributed by atoms with Crippen LogP contribution in [-0.4, -0.2) is 24.9 Å². The first kappa shape index (κ1) is 23.8. The Labute approximate surface area is 222 Å². The smallest absolute Gasteiger partial charge is 0.215 e. The van der Waals surface area contributed by atoms with Gasteiger partial charge in [0.25, 0.3) is 0 Å². The highest BCUT2D eigenvalue weighted by atomic mass is 28.3. The molecule has 1 aliphatic carbocycles. The minimum Gasteiger partial charge on any atom is -0.346 e. The normalized spacial score (nSPS) is 13.9. The van der Waals surface area contributed by atoms with Gasteiger partial charge in [0.05, 0.1) is 5.72 Å². The second-order valence-corrected chi connectivity index (χ2v) is 14.4. The Morgan fingerprint density at radius 2 is 1.19 bits per heavy atom. The van der Waals surface area contributed by atoms with Gasteiger partial charge in [-0.2, -0.15) is 0 Å². The van der Waals surface area contributed by atoms with E-state index in [1.54, 1.807) is 0 Å². The van der Waals surface area contributed by atoms with Crippen molar-refractivity contribution in [1.29, 1.82) is 0 Å². The zero-order valence-corrected chi connectivity index (χ0v) is 22.2. The summed E-state index contributed by atoms with van der Waals surface area (Å²) in [6.45, 7) is 0. The number of nitrogens with zero attached hydrogens (tertiary/aromatic N) is 2. The first-order valence-electron chi connectivity index (χ1n) is 13.4. The average molecular weight is 496 g/mol. The summed E-state index contributed by atoms with van der Waals surface area (Å²) < 4.78 is 2.45. The van der Waals surface area contributed by atoms with Crippen molar-refractivity contribution in [3.63, 3.8) is 0 Å². The summed E-state index contributed by atoms with van der Waals surface area (Å²) in [4.78, 5) is 4.91. The number of hydrogen-bond acceptors (Lipinski definition) is 1. The van der Waals surface area contributed by atoms with Crippen molar-refractivity contribution < 1.29 is 0 Å². The SMILES string of the molecule is [B](c1nccn1C[Si](c1ccccc1)(c1ccccc1)C1CCC1)C(c1ccccc1)c1ccccc1. The summed E-state index contributed by atoms with van der Waals surface area (Å²) in [5.74, 6) is 0.150.